The first-order valence-electron chi connectivity index (χ1n) is 15.2. The molecule has 0 nitrogen and oxygen atoms in total. The molecule has 0 saturated carbocycles. The van der Waals surface area contributed by atoms with Crippen molar-refractivity contribution in [3.05, 3.63) is 168 Å². The van der Waals surface area contributed by atoms with Crippen LogP contribution >= 0.6 is 0 Å². The smallest absolute Gasteiger partial charge is 1.00 e. The summed E-state index contributed by atoms with van der Waals surface area (Å²) in [6.07, 6.45) is 0. The minimum atomic E-state index is -2.37. The number of hydrogen-bond acceptors (Lipinski definition) is 0. The van der Waals surface area contributed by atoms with Gasteiger partial charge >= 0.3 is 26.2 Å². The van der Waals surface area contributed by atoms with E-state index in [2.05, 4.69) is 166 Å². The van der Waals surface area contributed by atoms with Gasteiger partial charge in [-0.25, -0.2) is 0 Å². The van der Waals surface area contributed by atoms with Gasteiger partial charge < -0.3 is 24.8 Å². The van der Waals surface area contributed by atoms with Crippen molar-refractivity contribution in [3.8, 4) is 0 Å². The molecule has 0 fully saturated rings. The van der Waals surface area contributed by atoms with E-state index in [9.17, 15) is 0 Å². The second-order valence-electron chi connectivity index (χ2n) is 12.1. The number of benzene rings is 6. The minimum absolute atomic E-state index is 0. The molecular weight excluding hydrogens is 695 g/mol. The Balaban J connectivity index is 0.000000300. The third-order valence-corrected chi connectivity index (χ3v) is 14.6. The van der Waals surface area contributed by atoms with Crippen LogP contribution in [0.2, 0.25) is 6.55 Å². The molecule has 0 N–H and O–H groups in total. The van der Waals surface area contributed by atoms with E-state index in [0.717, 1.165) is 0 Å². The Morgan fingerprint density at radius 2 is 0.891 bits per heavy atom. The molecule has 0 aliphatic heterocycles. The first kappa shape index (κ1) is 34.0. The number of halogens is 2. The molecule has 0 heterocycles. The maximum Gasteiger partial charge on any atom is 3.00 e. The summed E-state index contributed by atoms with van der Waals surface area (Å²) in [6.45, 7) is 7.31. The van der Waals surface area contributed by atoms with E-state index in [0.29, 0.717) is 0 Å². The predicted octanol–water partition coefficient (Wildman–Crippen LogP) is 4.81. The van der Waals surface area contributed by atoms with Crippen LogP contribution < -0.4 is 30.0 Å². The van der Waals surface area contributed by atoms with Crippen molar-refractivity contribution in [1.29, 1.82) is 0 Å². The van der Waals surface area contributed by atoms with Gasteiger partial charge in [0.05, 0.1) is 0 Å². The molecule has 7 aromatic rings. The predicted molar refractivity (Wildman–Crippen MR) is 190 cm³/mol. The third-order valence-electron chi connectivity index (χ3n) is 9.80. The van der Waals surface area contributed by atoms with Gasteiger partial charge in [0, 0.05) is 0 Å². The summed E-state index contributed by atoms with van der Waals surface area (Å²) in [5.74, 6) is 0. The van der Waals surface area contributed by atoms with Crippen molar-refractivity contribution in [2.24, 2.45) is 0 Å². The van der Waals surface area contributed by atoms with Crippen LogP contribution in [0.15, 0.2) is 146 Å². The third kappa shape index (κ3) is 5.11. The van der Waals surface area contributed by atoms with Gasteiger partial charge in [0.15, 0.2) is 0 Å². The van der Waals surface area contributed by atoms with Crippen LogP contribution in [0.4, 0.5) is 0 Å². The second-order valence-corrected chi connectivity index (χ2v) is 15.9. The Hall–Kier alpha value is -3.39. The maximum atomic E-state index is 2.59. The summed E-state index contributed by atoms with van der Waals surface area (Å²) in [7, 11) is -2.37. The summed E-state index contributed by atoms with van der Waals surface area (Å²) in [4.78, 5) is 0. The fourth-order valence-electron chi connectivity index (χ4n) is 7.94. The van der Waals surface area contributed by atoms with E-state index in [1.165, 1.54) is 70.9 Å². The molecular formula is C42H33Cl2SiZr. The quantitative estimate of drug-likeness (QED) is 0.181. The van der Waals surface area contributed by atoms with Gasteiger partial charge in [-0.3, -0.25) is 0 Å². The molecule has 4 heteroatoms. The number of rotatable bonds is 3. The fourth-order valence-corrected chi connectivity index (χ4v) is 12.9. The topological polar surface area (TPSA) is 0 Å². The Morgan fingerprint density at radius 1 is 0.457 bits per heavy atom. The normalized spacial score (nSPS) is 12.8. The van der Waals surface area contributed by atoms with E-state index < -0.39 is 8.07 Å². The molecule has 223 valence electrons. The Labute approximate surface area is 304 Å². The molecule has 46 heavy (non-hydrogen) atoms. The van der Waals surface area contributed by atoms with E-state index in [4.69, 9.17) is 0 Å². The monoisotopic (exact) mass is 725 g/mol. The van der Waals surface area contributed by atoms with Gasteiger partial charge in [-0.15, -0.1) is 29.7 Å². The summed E-state index contributed by atoms with van der Waals surface area (Å²) >= 11 is 0. The van der Waals surface area contributed by atoms with Crippen LogP contribution in [0, 0.1) is 0 Å². The van der Waals surface area contributed by atoms with Crippen molar-refractivity contribution >= 4 is 67.1 Å². The Kier molecular flexibility index (Phi) is 9.88. The number of fused-ring (bicyclic) bond motifs is 1. The summed E-state index contributed by atoms with van der Waals surface area (Å²) < 4.78 is 0. The van der Waals surface area contributed by atoms with Gasteiger partial charge in [0.2, 0.25) is 0 Å². The first-order chi connectivity index (χ1) is 21.1. The summed E-state index contributed by atoms with van der Waals surface area (Å²) in [6, 6.07) is 53.3. The zero-order valence-corrected chi connectivity index (χ0v) is 31.1. The molecule has 2 aliphatic rings. The molecule has 1 radical (unpaired) electrons. The van der Waals surface area contributed by atoms with Crippen LogP contribution in [0.3, 0.4) is 0 Å². The Morgan fingerprint density at radius 3 is 1.39 bits per heavy atom. The van der Waals surface area contributed by atoms with E-state index in [1.54, 1.807) is 10.4 Å². The van der Waals surface area contributed by atoms with Crippen molar-refractivity contribution in [1.82, 2.24) is 0 Å². The van der Waals surface area contributed by atoms with Crippen molar-refractivity contribution in [3.63, 3.8) is 0 Å². The molecule has 0 atom stereocenters. The molecule has 0 bridgehead atoms. The molecule has 9 rings (SSSR count). The summed E-state index contributed by atoms with van der Waals surface area (Å²) in [5, 5.41) is 12.8. The van der Waals surface area contributed by atoms with Gasteiger partial charge in [-0.05, 0) is 84.4 Å². The van der Waals surface area contributed by atoms with Crippen molar-refractivity contribution in [2.75, 3.05) is 0 Å². The van der Waals surface area contributed by atoms with E-state index in [1.807, 2.05) is 0 Å². The number of allylic oxidation sites excluding steroid dienone is 2. The molecule has 0 aromatic heterocycles. The largest absolute Gasteiger partial charge is 3.00 e. The van der Waals surface area contributed by atoms with Gasteiger partial charge in [-0.2, -0.15) is 17.5 Å². The molecule has 0 unspecified atom stereocenters. The molecule has 0 amide bonds. The molecule has 2 aliphatic carbocycles. The molecule has 7 aromatic carbocycles. The van der Waals surface area contributed by atoms with Crippen LogP contribution in [0.25, 0.3) is 53.9 Å². The maximum absolute atomic E-state index is 2.59. The second kappa shape index (κ2) is 13.4. The van der Waals surface area contributed by atoms with Gasteiger partial charge in [0.1, 0.15) is 8.07 Å². The van der Waals surface area contributed by atoms with Gasteiger partial charge in [0.25, 0.3) is 0 Å². The van der Waals surface area contributed by atoms with E-state index in [-0.39, 0.29) is 51.0 Å². The van der Waals surface area contributed by atoms with Crippen LogP contribution in [-0.2, 0) is 26.2 Å². The average Bonchev–Trinajstić information content (AvgIpc) is 3.73. The minimum Gasteiger partial charge on any atom is -1.00 e. The van der Waals surface area contributed by atoms with Crippen LogP contribution in [-0.4, -0.2) is 8.07 Å². The van der Waals surface area contributed by atoms with Crippen LogP contribution in [0.1, 0.15) is 36.1 Å². The molecule has 0 spiro atoms. The van der Waals surface area contributed by atoms with Crippen molar-refractivity contribution in [2.45, 2.75) is 20.4 Å². The van der Waals surface area contributed by atoms with Gasteiger partial charge in [-0.1, -0.05) is 116 Å². The Bertz CT molecular complexity index is 2130. The van der Waals surface area contributed by atoms with Crippen molar-refractivity contribution < 1.29 is 51.0 Å². The SMILES string of the molecule is CC1=C([Si](C)(C2=C(C)c3cccc4cccc2c34)c2ccccc2)c2cccc3cccc1c23.[Cl-].[Cl-].[Zr+3].c1ccc2[cH-]ccc2c1. The first-order valence-corrected chi connectivity index (χ1v) is 17.7. The molecule has 0 saturated heterocycles. The zero-order chi connectivity index (χ0) is 29.1. The fraction of sp³-hybridized carbons (Fsp3) is 0.0714. The number of hydrogen-bond donors (Lipinski definition) is 0. The average molecular weight is 728 g/mol. The standard InChI is InChI=1S/C33H26Si.C9H7.2ClH.Zr/c1-21-26-17-7-11-23-13-9-19-28(30(23)26)32(21)34(3,25-15-5-4-6-16-25)33-22(2)27-18-8-12-24-14-10-20-29(33)31(24)27;1-2-5-9-7-3-6-8(9)4-1;;;/h4-20H,1-3H3;1-7H;2*1H;/q;-1;;;+3/p-2. The van der Waals surface area contributed by atoms with Crippen LogP contribution in [0.5, 0.6) is 0 Å². The summed E-state index contributed by atoms with van der Waals surface area (Å²) in [5.41, 5.74) is 8.59. The van der Waals surface area contributed by atoms with E-state index >= 15 is 0 Å². The zero-order valence-electron chi connectivity index (χ0n) is 26.1.